The molecule has 0 spiro atoms. The van der Waals surface area contributed by atoms with Gasteiger partial charge in [0.1, 0.15) is 11.6 Å². The number of non-ortho nitro benzene ring substituents is 2. The van der Waals surface area contributed by atoms with E-state index < -0.39 is 72.2 Å². The van der Waals surface area contributed by atoms with Gasteiger partial charge in [-0.3, -0.25) is 29.9 Å². The lowest BCUT2D eigenvalue weighted by Gasteiger charge is -2.41. The number of ether oxygens (including phenoxy) is 1. The molecule has 2 atom stereocenters. The topological polar surface area (TPSA) is 229 Å². The van der Waals surface area contributed by atoms with Gasteiger partial charge < -0.3 is 15.0 Å². The number of carbonyl (C=O) groups excluding carboxylic acids is 2. The second kappa shape index (κ2) is 16.6. The summed E-state index contributed by atoms with van der Waals surface area (Å²) in [6.07, 6.45) is 1.26. The number of carbonyl (C=O) groups is 2. The molecule has 2 heterocycles. The molecule has 2 fully saturated rings. The van der Waals surface area contributed by atoms with Gasteiger partial charge >= 0.3 is 6.09 Å². The normalized spacial score (nSPS) is 19.3. The minimum Gasteiger partial charge on any atom is -0.444 e. The molecular weight excluding hydrogens is 725 g/mol. The Morgan fingerprint density at radius 1 is 0.885 bits per heavy atom. The number of nitro groups is 2. The van der Waals surface area contributed by atoms with Gasteiger partial charge in [-0.25, -0.2) is 21.6 Å². The maximum Gasteiger partial charge on any atom is 0.410 e. The molecule has 1 N–H and O–H groups in total. The van der Waals surface area contributed by atoms with Crippen LogP contribution in [0.3, 0.4) is 0 Å². The van der Waals surface area contributed by atoms with E-state index >= 15 is 0 Å². The average Bonchev–Trinajstić information content (AvgIpc) is 3.09. The number of piperidine rings is 2. The Morgan fingerprint density at radius 3 is 1.92 bits per heavy atom. The number of unbranched alkanes of at least 4 members (excludes halogenated alkanes) is 1. The molecule has 2 aliphatic rings. The number of hydrogen-bond acceptors (Lipinski definition) is 12. The molecule has 2 aliphatic heterocycles. The van der Waals surface area contributed by atoms with Gasteiger partial charge in [0.25, 0.3) is 21.4 Å². The lowest BCUT2D eigenvalue weighted by molar-refractivity contribution is -0.385. The van der Waals surface area contributed by atoms with Gasteiger partial charge in [0.15, 0.2) is 0 Å². The van der Waals surface area contributed by atoms with Crippen LogP contribution in [0.25, 0.3) is 0 Å². The van der Waals surface area contributed by atoms with Crippen LogP contribution in [-0.2, 0) is 34.4 Å². The monoisotopic (exact) mass is 768 g/mol. The van der Waals surface area contributed by atoms with Crippen molar-refractivity contribution in [3.8, 4) is 0 Å². The summed E-state index contributed by atoms with van der Waals surface area (Å²) >= 11 is 0. The number of hydrogen-bond donors (Lipinski definition) is 1. The van der Waals surface area contributed by atoms with Crippen LogP contribution in [0.4, 0.5) is 16.2 Å². The third kappa shape index (κ3) is 9.79. The number of nitro benzene ring substituents is 2. The summed E-state index contributed by atoms with van der Waals surface area (Å²) in [7, 11) is -9.07. The molecular formula is C32H44N6O12S2. The van der Waals surface area contributed by atoms with Gasteiger partial charge in [0.05, 0.1) is 32.3 Å². The van der Waals surface area contributed by atoms with Crippen molar-refractivity contribution in [2.45, 2.75) is 99.7 Å². The van der Waals surface area contributed by atoms with Crippen molar-refractivity contribution in [1.82, 2.24) is 19.0 Å². The van der Waals surface area contributed by atoms with Crippen LogP contribution < -0.4 is 5.32 Å². The van der Waals surface area contributed by atoms with Crippen LogP contribution in [0.5, 0.6) is 0 Å². The molecule has 20 heteroatoms. The Labute approximate surface area is 302 Å². The first-order chi connectivity index (χ1) is 24.3. The average molecular weight is 769 g/mol. The van der Waals surface area contributed by atoms with Crippen LogP contribution in [0.1, 0.15) is 66.2 Å². The van der Waals surface area contributed by atoms with Crippen molar-refractivity contribution in [1.29, 1.82) is 0 Å². The van der Waals surface area contributed by atoms with Crippen molar-refractivity contribution in [3.63, 3.8) is 0 Å². The molecule has 18 nitrogen and oxygen atoms in total. The van der Waals surface area contributed by atoms with E-state index in [9.17, 15) is 46.7 Å². The number of hydroxylamine groups is 1. The number of benzene rings is 2. The SMILES string of the molecule is CCCCON([C@@H]1CC[C@@H](C(=O)NC2CCN(C(=O)OC(C)(C)C)CC2)N(S(=O)(=O)c2ccc([N+](=O)[O-])cc2)C1)S(=O)(=O)c1ccc([N+](=O)[O-])cc1. The maximum absolute atomic E-state index is 14.2. The highest BCUT2D eigenvalue weighted by Crippen LogP contribution is 2.32. The highest BCUT2D eigenvalue weighted by molar-refractivity contribution is 7.89. The number of sulfonamides is 2. The molecule has 0 radical (unpaired) electrons. The maximum atomic E-state index is 14.2. The summed E-state index contributed by atoms with van der Waals surface area (Å²) in [5.74, 6) is -0.628. The van der Waals surface area contributed by atoms with Gasteiger partial charge in [0, 0.05) is 49.9 Å². The predicted molar refractivity (Wildman–Crippen MR) is 186 cm³/mol. The molecule has 0 bridgehead atoms. The summed E-state index contributed by atoms with van der Waals surface area (Å²) < 4.78 is 63.3. The Kier molecular flexibility index (Phi) is 13.0. The zero-order chi connectivity index (χ0) is 38.4. The minimum atomic E-state index is -4.57. The Morgan fingerprint density at radius 2 is 1.42 bits per heavy atom. The fraction of sp³-hybridized carbons (Fsp3) is 0.562. The zero-order valence-corrected chi connectivity index (χ0v) is 31.0. The second-order valence-electron chi connectivity index (χ2n) is 13.5. The molecule has 0 saturated carbocycles. The van der Waals surface area contributed by atoms with Crippen LogP contribution >= 0.6 is 0 Å². The molecule has 0 aliphatic carbocycles. The van der Waals surface area contributed by atoms with Gasteiger partial charge in [-0.2, -0.15) is 4.31 Å². The summed E-state index contributed by atoms with van der Waals surface area (Å²) in [5.41, 5.74) is -1.37. The number of likely N-dealkylation sites (tertiary alicyclic amines) is 1. The molecule has 2 amide bonds. The largest absolute Gasteiger partial charge is 0.444 e. The fourth-order valence-electron chi connectivity index (χ4n) is 5.84. The third-order valence-electron chi connectivity index (χ3n) is 8.56. The summed E-state index contributed by atoms with van der Waals surface area (Å²) in [6.45, 7) is 7.15. The van der Waals surface area contributed by atoms with E-state index in [4.69, 9.17) is 9.57 Å². The Balaban J connectivity index is 1.63. The standard InChI is InChI=1S/C32H44N6O12S2/c1-5-6-21-49-38(52(47,48)28-14-9-25(10-15-28)37(43)44)26-11-16-29(35(22-26)51(45,46)27-12-7-24(8-13-27)36(41)42)30(39)33-23-17-19-34(20-18-23)31(40)50-32(2,3)4/h7-10,12-15,23,26,29H,5-6,11,16-22H2,1-4H3,(H,33,39)/t26-,29+/m1/s1. The summed E-state index contributed by atoms with van der Waals surface area (Å²) in [5, 5.41) is 25.3. The number of amides is 2. The second-order valence-corrected chi connectivity index (χ2v) is 17.2. The lowest BCUT2D eigenvalue weighted by Crippen LogP contribution is -2.60. The highest BCUT2D eigenvalue weighted by Gasteiger charge is 2.46. The quantitative estimate of drug-likeness (QED) is 0.173. The van der Waals surface area contributed by atoms with E-state index in [0.717, 1.165) is 52.8 Å². The van der Waals surface area contributed by atoms with Crippen LogP contribution in [0.2, 0.25) is 0 Å². The van der Waals surface area contributed by atoms with Gasteiger partial charge in [-0.05, 0) is 77.1 Å². The molecule has 2 saturated heterocycles. The van der Waals surface area contributed by atoms with Crippen LogP contribution in [-0.4, -0.2) is 102 Å². The molecule has 2 aromatic rings. The van der Waals surface area contributed by atoms with E-state index in [2.05, 4.69) is 5.32 Å². The Hall–Kier alpha value is -4.24. The number of rotatable bonds is 13. The van der Waals surface area contributed by atoms with Gasteiger partial charge in [-0.1, -0.05) is 17.8 Å². The first-order valence-corrected chi connectivity index (χ1v) is 19.7. The minimum absolute atomic E-state index is 0.000206. The molecule has 0 unspecified atom stereocenters. The first kappa shape index (κ1) is 40.5. The highest BCUT2D eigenvalue weighted by atomic mass is 32.2. The van der Waals surface area contributed by atoms with Crippen LogP contribution in [0.15, 0.2) is 58.3 Å². The van der Waals surface area contributed by atoms with E-state index in [1.165, 1.54) is 4.90 Å². The van der Waals surface area contributed by atoms with Crippen LogP contribution in [0, 0.1) is 20.2 Å². The van der Waals surface area contributed by atoms with E-state index in [-0.39, 0.29) is 40.6 Å². The fourth-order valence-corrected chi connectivity index (χ4v) is 8.96. The van der Waals surface area contributed by atoms with Crippen molar-refractivity contribution in [2.75, 3.05) is 26.2 Å². The van der Waals surface area contributed by atoms with E-state index in [0.29, 0.717) is 43.2 Å². The molecule has 4 rings (SSSR count). The molecule has 0 aromatic heterocycles. The number of nitrogens with one attached hydrogen (secondary N) is 1. The third-order valence-corrected chi connectivity index (χ3v) is 12.2. The molecule has 2 aromatic carbocycles. The molecule has 286 valence electrons. The zero-order valence-electron chi connectivity index (χ0n) is 29.4. The van der Waals surface area contributed by atoms with Crippen molar-refractivity contribution < 1.29 is 45.8 Å². The lowest BCUT2D eigenvalue weighted by atomic mass is 9.99. The van der Waals surface area contributed by atoms with E-state index in [1.807, 2.05) is 6.92 Å². The van der Waals surface area contributed by atoms with Gasteiger partial charge in [-0.15, -0.1) is 0 Å². The smallest absolute Gasteiger partial charge is 0.410 e. The van der Waals surface area contributed by atoms with Crippen molar-refractivity contribution >= 4 is 43.4 Å². The Bertz CT molecular complexity index is 1830. The summed E-state index contributed by atoms with van der Waals surface area (Å²) in [6, 6.07) is 5.47. The van der Waals surface area contributed by atoms with Crippen molar-refractivity contribution in [2.24, 2.45) is 0 Å². The van der Waals surface area contributed by atoms with Crippen molar-refractivity contribution in [3.05, 3.63) is 68.8 Å². The molecule has 52 heavy (non-hydrogen) atoms. The number of nitrogens with zero attached hydrogens (tertiary/aromatic N) is 5. The first-order valence-electron chi connectivity index (χ1n) is 16.8. The summed E-state index contributed by atoms with van der Waals surface area (Å²) in [4.78, 5) is 54.1. The van der Waals surface area contributed by atoms with E-state index in [1.54, 1.807) is 20.8 Å². The predicted octanol–water partition coefficient (Wildman–Crippen LogP) is 3.96. The van der Waals surface area contributed by atoms with Gasteiger partial charge in [0.2, 0.25) is 15.9 Å².